The maximum atomic E-state index is 2.77. The summed E-state index contributed by atoms with van der Waals surface area (Å²) in [6.07, 6.45) is 9.76. The Morgan fingerprint density at radius 1 is 0.344 bits per heavy atom. The SMILES string of the molecule is CC12CCCCC1(C)N(c1ccc3c(-c4ccccc4)c4cc(N5c6ccc7ccccc7c6C6(C)CCCCC56C)ccc4c(-c4ccccc4)c3c1)c1ccc3ccccc3c12. The van der Waals surface area contributed by atoms with Gasteiger partial charge in [-0.15, -0.1) is 0 Å². The first-order valence-electron chi connectivity index (χ1n) is 24.0. The molecular weight excluding hydrogens is 773 g/mol. The quantitative estimate of drug-likeness (QED) is 0.163. The van der Waals surface area contributed by atoms with Gasteiger partial charge in [-0.25, -0.2) is 0 Å². The number of fused-ring (bicyclic) bond motifs is 12. The Hall–Kier alpha value is -6.38. The van der Waals surface area contributed by atoms with Gasteiger partial charge in [-0.3, -0.25) is 0 Å². The lowest BCUT2D eigenvalue weighted by molar-refractivity contribution is 0.196. The third-order valence-corrected chi connectivity index (χ3v) is 17.7. The molecule has 0 aromatic heterocycles. The van der Waals surface area contributed by atoms with Crippen LogP contribution < -0.4 is 9.80 Å². The molecule has 0 bridgehead atoms. The molecule has 2 aliphatic heterocycles. The molecule has 0 amide bonds. The Balaban J connectivity index is 1.10. The van der Waals surface area contributed by atoms with Gasteiger partial charge in [0.2, 0.25) is 0 Å². The molecule has 2 heterocycles. The zero-order valence-corrected chi connectivity index (χ0v) is 37.7. The smallest absolute Gasteiger partial charge is 0.0518 e. The van der Waals surface area contributed by atoms with Crippen LogP contribution in [0.25, 0.3) is 65.3 Å². The first-order valence-corrected chi connectivity index (χ1v) is 24.0. The average Bonchev–Trinajstić information content (AvgIpc) is 3.69. The summed E-state index contributed by atoms with van der Waals surface area (Å²) in [4.78, 5) is 5.54. The fourth-order valence-corrected chi connectivity index (χ4v) is 14.2. The second-order valence-electron chi connectivity index (χ2n) is 20.6. The Morgan fingerprint density at radius 3 is 1.17 bits per heavy atom. The molecule has 4 atom stereocenters. The summed E-state index contributed by atoms with van der Waals surface area (Å²) in [6, 6.07) is 65.2. The lowest BCUT2D eigenvalue weighted by Gasteiger charge is -2.50. The molecule has 0 saturated heterocycles. The van der Waals surface area contributed by atoms with Crippen LogP contribution in [-0.4, -0.2) is 11.1 Å². The summed E-state index contributed by atoms with van der Waals surface area (Å²) < 4.78 is 0. The van der Waals surface area contributed by atoms with Crippen molar-refractivity contribution in [1.29, 1.82) is 0 Å². The summed E-state index contributed by atoms with van der Waals surface area (Å²) in [7, 11) is 0. The number of rotatable bonds is 4. The molecule has 2 nitrogen and oxygen atoms in total. The summed E-state index contributed by atoms with van der Waals surface area (Å²) in [5.41, 5.74) is 13.5. The molecule has 2 saturated carbocycles. The Morgan fingerprint density at radius 2 is 0.734 bits per heavy atom. The molecule has 0 radical (unpaired) electrons. The van der Waals surface area contributed by atoms with E-state index in [1.54, 1.807) is 0 Å². The predicted molar refractivity (Wildman–Crippen MR) is 273 cm³/mol. The van der Waals surface area contributed by atoms with Gasteiger partial charge in [-0.2, -0.15) is 0 Å². The second-order valence-corrected chi connectivity index (χ2v) is 20.6. The third kappa shape index (κ3) is 4.92. The van der Waals surface area contributed by atoms with Crippen LogP contribution in [0.15, 0.2) is 170 Å². The Kier molecular flexibility index (Phi) is 8.08. The van der Waals surface area contributed by atoms with Crippen LogP contribution in [0, 0.1) is 0 Å². The summed E-state index contributed by atoms with van der Waals surface area (Å²) >= 11 is 0. The van der Waals surface area contributed by atoms with Gasteiger partial charge in [0.05, 0.1) is 11.1 Å². The lowest BCUT2D eigenvalue weighted by atomic mass is 9.61. The van der Waals surface area contributed by atoms with Crippen LogP contribution in [0.3, 0.4) is 0 Å². The summed E-state index contributed by atoms with van der Waals surface area (Å²) in [6.45, 7) is 10.3. The molecule has 9 aromatic rings. The monoisotopic (exact) mass is 828 g/mol. The number of benzene rings is 9. The highest BCUT2D eigenvalue weighted by Crippen LogP contribution is 2.64. The van der Waals surface area contributed by atoms with Crippen molar-refractivity contribution in [1.82, 2.24) is 0 Å². The minimum atomic E-state index is -0.0621. The van der Waals surface area contributed by atoms with E-state index in [1.807, 2.05) is 0 Å². The van der Waals surface area contributed by atoms with E-state index in [1.165, 1.54) is 151 Å². The number of nitrogens with zero attached hydrogens (tertiary/aromatic N) is 2. The predicted octanol–water partition coefficient (Wildman–Crippen LogP) is 17.1. The van der Waals surface area contributed by atoms with Crippen molar-refractivity contribution in [3.63, 3.8) is 0 Å². The van der Waals surface area contributed by atoms with Crippen molar-refractivity contribution in [3.05, 3.63) is 181 Å². The highest BCUT2D eigenvalue weighted by Gasteiger charge is 2.59. The first kappa shape index (κ1) is 38.1. The zero-order valence-electron chi connectivity index (χ0n) is 37.7. The molecule has 0 N–H and O–H groups in total. The number of anilines is 4. The normalized spacial score (nSPS) is 24.9. The lowest BCUT2D eigenvalue weighted by Crippen LogP contribution is -2.54. The highest BCUT2D eigenvalue weighted by atomic mass is 15.3. The molecule has 0 spiro atoms. The Bertz CT molecular complexity index is 3140. The number of hydrogen-bond donors (Lipinski definition) is 0. The van der Waals surface area contributed by atoms with Crippen molar-refractivity contribution in [3.8, 4) is 22.3 Å². The number of hydrogen-bond acceptors (Lipinski definition) is 2. The molecule has 2 aliphatic carbocycles. The molecule has 13 rings (SSSR count). The molecule has 9 aromatic carbocycles. The van der Waals surface area contributed by atoms with Gasteiger partial charge < -0.3 is 9.80 Å². The second kappa shape index (κ2) is 13.6. The van der Waals surface area contributed by atoms with Crippen LogP contribution in [0.4, 0.5) is 22.7 Å². The molecule has 64 heavy (non-hydrogen) atoms. The fourth-order valence-electron chi connectivity index (χ4n) is 14.2. The highest BCUT2D eigenvalue weighted by molar-refractivity contribution is 6.22. The van der Waals surface area contributed by atoms with Crippen molar-refractivity contribution in [2.24, 2.45) is 0 Å². The molecule has 2 heteroatoms. The minimum absolute atomic E-state index is 0.0270. The van der Waals surface area contributed by atoms with Crippen molar-refractivity contribution < 1.29 is 0 Å². The van der Waals surface area contributed by atoms with Gasteiger partial charge in [-0.05, 0) is 152 Å². The fraction of sp³-hybridized carbons (Fsp3) is 0.258. The zero-order chi connectivity index (χ0) is 43.0. The van der Waals surface area contributed by atoms with Gasteiger partial charge >= 0.3 is 0 Å². The van der Waals surface area contributed by atoms with E-state index in [2.05, 4.69) is 207 Å². The molecule has 314 valence electrons. The topological polar surface area (TPSA) is 6.48 Å². The van der Waals surface area contributed by atoms with E-state index < -0.39 is 0 Å². The molecule has 4 aliphatic rings. The van der Waals surface area contributed by atoms with Crippen molar-refractivity contribution in [2.45, 2.75) is 101 Å². The maximum Gasteiger partial charge on any atom is 0.0518 e. The average molecular weight is 829 g/mol. The summed E-state index contributed by atoms with van der Waals surface area (Å²) in [5, 5.41) is 10.7. The van der Waals surface area contributed by atoms with E-state index >= 15 is 0 Å². The molecular formula is C62H56N2. The van der Waals surface area contributed by atoms with Gasteiger partial charge in [-0.1, -0.05) is 173 Å². The Labute approximate surface area is 378 Å². The first-order chi connectivity index (χ1) is 31.2. The van der Waals surface area contributed by atoms with Crippen LogP contribution in [0.5, 0.6) is 0 Å². The molecule has 4 unspecified atom stereocenters. The van der Waals surface area contributed by atoms with E-state index in [-0.39, 0.29) is 21.9 Å². The van der Waals surface area contributed by atoms with Crippen LogP contribution >= 0.6 is 0 Å². The largest absolute Gasteiger partial charge is 0.334 e. The van der Waals surface area contributed by atoms with Gasteiger partial charge in [0.15, 0.2) is 0 Å². The maximum absolute atomic E-state index is 2.77. The van der Waals surface area contributed by atoms with Crippen LogP contribution in [0.1, 0.15) is 90.2 Å². The van der Waals surface area contributed by atoms with E-state index in [4.69, 9.17) is 0 Å². The van der Waals surface area contributed by atoms with Gasteiger partial charge in [0.1, 0.15) is 0 Å². The standard InChI is InChI=1S/C62H56N2/c1-59-35-15-17-37-61(59,3)63(53-33-27-41-19-11-13-25-47(41)57(53)59)45-29-31-49-51(39-45)55(43-21-7-5-8-22-43)50-32-30-46(40-52(50)56(49)44-23-9-6-10-24-44)64-54-34-28-42-20-12-14-26-48(42)58(54)60(2)36-16-18-38-62(60,64)4/h5-14,19-34,39-40H,15-18,35-38H2,1-4H3. The van der Waals surface area contributed by atoms with E-state index in [9.17, 15) is 0 Å². The van der Waals surface area contributed by atoms with Crippen molar-refractivity contribution in [2.75, 3.05) is 9.80 Å². The van der Waals surface area contributed by atoms with Crippen LogP contribution in [-0.2, 0) is 10.8 Å². The van der Waals surface area contributed by atoms with E-state index in [0.717, 1.165) is 0 Å². The van der Waals surface area contributed by atoms with E-state index in [0.29, 0.717) is 0 Å². The minimum Gasteiger partial charge on any atom is -0.334 e. The molecule has 2 fully saturated rings. The van der Waals surface area contributed by atoms with Crippen molar-refractivity contribution >= 4 is 65.8 Å². The summed E-state index contributed by atoms with van der Waals surface area (Å²) in [5.74, 6) is 0. The van der Waals surface area contributed by atoms with Gasteiger partial charge in [0, 0.05) is 33.6 Å². The third-order valence-electron chi connectivity index (χ3n) is 17.7. The van der Waals surface area contributed by atoms with Gasteiger partial charge in [0.25, 0.3) is 0 Å². The van der Waals surface area contributed by atoms with Crippen LogP contribution in [0.2, 0.25) is 0 Å².